The summed E-state index contributed by atoms with van der Waals surface area (Å²) in [6.07, 6.45) is 3.05. The fraction of sp³-hybridized carbons (Fsp3) is 0.650. The third-order valence-corrected chi connectivity index (χ3v) is 4.77. The van der Waals surface area contributed by atoms with Crippen LogP contribution < -0.4 is 5.32 Å². The maximum absolute atomic E-state index is 12.5. The molecule has 8 nitrogen and oxygen atoms in total. The van der Waals surface area contributed by atoms with Gasteiger partial charge in [0.2, 0.25) is 0 Å². The largest absolute Gasteiger partial charge is 0.459 e. The van der Waals surface area contributed by atoms with Gasteiger partial charge in [-0.15, -0.1) is 0 Å². The first-order valence-electron chi connectivity index (χ1n) is 9.60. The third-order valence-electron chi connectivity index (χ3n) is 4.77. The lowest BCUT2D eigenvalue weighted by Crippen LogP contribution is -2.60. The average molecular weight is 395 g/mol. The highest BCUT2D eigenvalue weighted by molar-refractivity contribution is 5.86. The number of carbonyl (C=O) groups is 3. The van der Waals surface area contributed by atoms with Gasteiger partial charge in [0, 0.05) is 31.9 Å². The van der Waals surface area contributed by atoms with Crippen molar-refractivity contribution in [3.63, 3.8) is 0 Å². The summed E-state index contributed by atoms with van der Waals surface area (Å²) in [5.41, 5.74) is -1.23. The first-order chi connectivity index (χ1) is 13.2. The van der Waals surface area contributed by atoms with E-state index in [-0.39, 0.29) is 25.8 Å². The van der Waals surface area contributed by atoms with Crippen LogP contribution in [-0.2, 0) is 23.9 Å². The summed E-state index contributed by atoms with van der Waals surface area (Å²) < 4.78 is 10.6. The van der Waals surface area contributed by atoms with Gasteiger partial charge in [0.1, 0.15) is 23.9 Å². The van der Waals surface area contributed by atoms with Crippen LogP contribution in [0.1, 0.15) is 52.4 Å². The second-order valence-electron chi connectivity index (χ2n) is 7.58. The zero-order valence-electron chi connectivity index (χ0n) is 16.3. The number of ether oxygens (including phenoxy) is 2. The third kappa shape index (κ3) is 6.17. The lowest BCUT2D eigenvalue weighted by atomic mass is 9.78. The van der Waals surface area contributed by atoms with Crippen molar-refractivity contribution in [2.45, 2.75) is 76.3 Å². The molecule has 1 amide bonds. The molecule has 0 aromatic heterocycles. The Morgan fingerprint density at radius 3 is 2.75 bits per heavy atom. The van der Waals surface area contributed by atoms with Crippen molar-refractivity contribution in [1.82, 2.24) is 5.32 Å². The summed E-state index contributed by atoms with van der Waals surface area (Å²) in [7, 11) is 0. The maximum Gasteiger partial charge on any atom is 0.331 e. The molecule has 8 heteroatoms. The van der Waals surface area contributed by atoms with Gasteiger partial charge >= 0.3 is 11.9 Å². The number of hydrogen-bond donors (Lipinski definition) is 3. The number of carbonyl (C=O) groups excluding carboxylic acids is 3. The highest BCUT2D eigenvalue weighted by atomic mass is 16.6. The molecule has 2 aliphatic rings. The summed E-state index contributed by atoms with van der Waals surface area (Å²) in [6.45, 7) is 3.67. The Kier molecular flexibility index (Phi) is 7.77. The van der Waals surface area contributed by atoms with Crippen LogP contribution >= 0.6 is 0 Å². The van der Waals surface area contributed by atoms with Crippen molar-refractivity contribution in [2.24, 2.45) is 0 Å². The van der Waals surface area contributed by atoms with Crippen LogP contribution in [0.15, 0.2) is 23.8 Å². The molecule has 0 spiro atoms. The van der Waals surface area contributed by atoms with Gasteiger partial charge in [0.05, 0.1) is 0 Å². The molecule has 0 aromatic carbocycles. The molecule has 2 rings (SSSR count). The van der Waals surface area contributed by atoms with E-state index in [9.17, 15) is 24.6 Å². The van der Waals surface area contributed by atoms with Crippen molar-refractivity contribution in [1.29, 1.82) is 0 Å². The normalized spacial score (nSPS) is 32.9. The average Bonchev–Trinajstić information content (AvgIpc) is 2.59. The van der Waals surface area contributed by atoms with Gasteiger partial charge in [-0.1, -0.05) is 17.7 Å². The van der Waals surface area contributed by atoms with E-state index in [1.165, 1.54) is 6.08 Å². The van der Waals surface area contributed by atoms with E-state index in [0.717, 1.165) is 12.8 Å². The molecule has 0 radical (unpaired) electrons. The Labute approximate surface area is 164 Å². The first-order valence-corrected chi connectivity index (χ1v) is 9.60. The molecule has 2 bridgehead atoms. The Morgan fingerprint density at radius 2 is 2.04 bits per heavy atom. The van der Waals surface area contributed by atoms with Crippen molar-refractivity contribution >= 4 is 17.8 Å². The lowest BCUT2D eigenvalue weighted by molar-refractivity contribution is -0.198. The molecule has 3 N–H and O–H groups in total. The standard InChI is InChI=1S/C20H29NO7/c1-13(2)10-17(23)28-15-12-20(26)11-14(18(15)24)27-16(22)8-6-4-3-5-7-9-21-19(20)25/h5,7,10,14-15,18,24,26H,3-4,6,8-9,11-12H2,1-2H3,(H,21,25)/b7-5-/t14-,15-,18+,20-/m1/s1. The first kappa shape index (κ1) is 22.1. The number of nitrogens with one attached hydrogen (secondary N) is 1. The van der Waals surface area contributed by atoms with Gasteiger partial charge in [-0.05, 0) is 33.1 Å². The molecule has 1 heterocycles. The molecular weight excluding hydrogens is 366 g/mol. The number of allylic oxidation sites excluding steroid dienone is 2. The van der Waals surface area contributed by atoms with Crippen LogP contribution in [0, 0.1) is 0 Å². The van der Waals surface area contributed by atoms with E-state index >= 15 is 0 Å². The Hall–Kier alpha value is -2.19. The quantitative estimate of drug-likeness (QED) is 0.361. The minimum Gasteiger partial charge on any atom is -0.459 e. The highest BCUT2D eigenvalue weighted by Crippen LogP contribution is 2.33. The molecule has 4 atom stereocenters. The zero-order chi connectivity index (χ0) is 20.7. The van der Waals surface area contributed by atoms with Gasteiger partial charge in [0.15, 0.2) is 0 Å². The maximum atomic E-state index is 12.5. The molecule has 1 saturated carbocycles. The fourth-order valence-corrected chi connectivity index (χ4v) is 3.33. The van der Waals surface area contributed by atoms with Gasteiger partial charge in [0.25, 0.3) is 5.91 Å². The van der Waals surface area contributed by atoms with E-state index in [2.05, 4.69) is 5.32 Å². The summed E-state index contributed by atoms with van der Waals surface area (Å²) in [5, 5.41) is 24.1. The zero-order valence-corrected chi connectivity index (χ0v) is 16.3. The number of amides is 1. The van der Waals surface area contributed by atoms with Gasteiger partial charge in [-0.25, -0.2) is 4.79 Å². The smallest absolute Gasteiger partial charge is 0.331 e. The molecule has 1 aliphatic carbocycles. The summed E-state index contributed by atoms with van der Waals surface area (Å²) in [4.78, 5) is 36.6. The number of fused-ring (bicyclic) bond motifs is 2. The van der Waals surface area contributed by atoms with Crippen molar-refractivity contribution in [3.05, 3.63) is 23.8 Å². The topological polar surface area (TPSA) is 122 Å². The SMILES string of the molecule is CC(C)=CC(=O)O[C@@H]1C[C@]2(O)C[C@@H](OC(=O)CCCC/C=C\CNC2=O)[C@@H]1O. The van der Waals surface area contributed by atoms with E-state index in [0.29, 0.717) is 12.0 Å². The van der Waals surface area contributed by atoms with Crippen LogP contribution in [0.3, 0.4) is 0 Å². The van der Waals surface area contributed by atoms with Crippen LogP contribution in [0.25, 0.3) is 0 Å². The second-order valence-corrected chi connectivity index (χ2v) is 7.58. The molecule has 0 aromatic rings. The fourth-order valence-electron chi connectivity index (χ4n) is 3.33. The van der Waals surface area contributed by atoms with Crippen molar-refractivity contribution in [2.75, 3.05) is 6.54 Å². The lowest BCUT2D eigenvalue weighted by Gasteiger charge is -2.41. The van der Waals surface area contributed by atoms with E-state index in [4.69, 9.17) is 9.47 Å². The predicted octanol–water partition coefficient (Wildman–Crippen LogP) is 0.908. The van der Waals surface area contributed by atoms with E-state index in [1.54, 1.807) is 19.9 Å². The van der Waals surface area contributed by atoms with Gasteiger partial charge in [-0.2, -0.15) is 0 Å². The van der Waals surface area contributed by atoms with Crippen LogP contribution in [-0.4, -0.2) is 58.5 Å². The molecule has 28 heavy (non-hydrogen) atoms. The Morgan fingerprint density at radius 1 is 1.29 bits per heavy atom. The second kappa shape index (κ2) is 9.84. The number of rotatable bonds is 2. The number of hydrogen-bond acceptors (Lipinski definition) is 7. The van der Waals surface area contributed by atoms with Crippen LogP contribution in [0.4, 0.5) is 0 Å². The molecule has 1 aliphatic heterocycles. The Balaban J connectivity index is 2.25. The molecular formula is C20H29NO7. The number of aliphatic hydroxyl groups is 2. The Bertz CT molecular complexity index is 653. The molecule has 0 saturated heterocycles. The molecule has 0 unspecified atom stereocenters. The van der Waals surface area contributed by atoms with Crippen LogP contribution in [0.5, 0.6) is 0 Å². The molecule has 1 fully saturated rings. The minimum atomic E-state index is -1.93. The predicted molar refractivity (Wildman–Crippen MR) is 100.0 cm³/mol. The van der Waals surface area contributed by atoms with E-state index < -0.39 is 41.8 Å². The van der Waals surface area contributed by atoms with Gasteiger partial charge in [-0.3, -0.25) is 9.59 Å². The van der Waals surface area contributed by atoms with E-state index in [1.807, 2.05) is 6.08 Å². The number of aliphatic hydroxyl groups excluding tert-OH is 1. The van der Waals surface area contributed by atoms with Crippen molar-refractivity contribution < 1.29 is 34.1 Å². The number of esters is 2. The summed E-state index contributed by atoms with van der Waals surface area (Å²) in [6, 6.07) is 0. The summed E-state index contributed by atoms with van der Waals surface area (Å²) in [5.74, 6) is -1.88. The monoisotopic (exact) mass is 395 g/mol. The van der Waals surface area contributed by atoms with Crippen LogP contribution in [0.2, 0.25) is 0 Å². The summed E-state index contributed by atoms with van der Waals surface area (Å²) >= 11 is 0. The highest BCUT2D eigenvalue weighted by Gasteiger charge is 2.51. The molecule has 156 valence electrons. The van der Waals surface area contributed by atoms with Gasteiger partial charge < -0.3 is 25.0 Å². The minimum absolute atomic E-state index is 0.171. The van der Waals surface area contributed by atoms with Crippen molar-refractivity contribution in [3.8, 4) is 0 Å².